The van der Waals surface area contributed by atoms with E-state index in [9.17, 15) is 0 Å². The normalized spacial score (nSPS) is 10.7. The van der Waals surface area contributed by atoms with Gasteiger partial charge in [0.1, 0.15) is 0 Å². The second kappa shape index (κ2) is 5.93. The predicted octanol–water partition coefficient (Wildman–Crippen LogP) is 2.12. The number of nitrogens with zero attached hydrogens (tertiary/aromatic N) is 2. The van der Waals surface area contributed by atoms with Crippen molar-refractivity contribution in [3.63, 3.8) is 0 Å². The molecule has 0 unspecified atom stereocenters. The van der Waals surface area contributed by atoms with Crippen molar-refractivity contribution in [1.29, 1.82) is 0 Å². The fraction of sp³-hybridized carbons (Fsp3) is 0.333. The van der Waals surface area contributed by atoms with E-state index in [4.69, 9.17) is 10.2 Å². The first-order chi connectivity index (χ1) is 8.28. The van der Waals surface area contributed by atoms with Crippen molar-refractivity contribution in [2.45, 2.75) is 19.3 Å². The lowest BCUT2D eigenvalue weighted by atomic mass is 10.1. The Morgan fingerprint density at radius 2 is 1.65 bits per heavy atom. The van der Waals surface area contributed by atoms with Crippen LogP contribution in [0.25, 0.3) is 0 Å². The second-order valence-corrected chi connectivity index (χ2v) is 4.67. The summed E-state index contributed by atoms with van der Waals surface area (Å²) in [6.45, 7) is 0.536. The van der Waals surface area contributed by atoms with Gasteiger partial charge in [-0.25, -0.2) is 0 Å². The van der Waals surface area contributed by atoms with Crippen molar-refractivity contribution in [1.82, 2.24) is 10.2 Å². The van der Waals surface area contributed by atoms with Crippen molar-refractivity contribution in [3.8, 4) is 0 Å². The van der Waals surface area contributed by atoms with Gasteiger partial charge in [-0.2, -0.15) is 0 Å². The maximum atomic E-state index is 5.46. The first-order valence-electron chi connectivity index (χ1n) is 5.53. The predicted molar refractivity (Wildman–Crippen MR) is 68.6 cm³/mol. The molecule has 0 atom stereocenters. The van der Waals surface area contributed by atoms with Crippen LogP contribution in [-0.4, -0.2) is 16.7 Å². The molecule has 0 bridgehead atoms. The Hall–Kier alpha value is -1.20. The highest BCUT2D eigenvalue weighted by Crippen LogP contribution is 2.12. The van der Waals surface area contributed by atoms with E-state index in [0.717, 1.165) is 17.3 Å². The highest BCUT2D eigenvalue weighted by Gasteiger charge is 2.05. The lowest BCUT2D eigenvalue weighted by Gasteiger charge is -1.98. The molecule has 0 saturated heterocycles. The SMILES string of the molecule is NCCc1nnc(CCc2ccc(Br)cc2)o1. The summed E-state index contributed by atoms with van der Waals surface area (Å²) in [6.07, 6.45) is 2.31. The molecule has 2 rings (SSSR count). The highest BCUT2D eigenvalue weighted by molar-refractivity contribution is 9.10. The Balaban J connectivity index is 1.90. The summed E-state index contributed by atoms with van der Waals surface area (Å²) in [5.74, 6) is 1.30. The lowest BCUT2D eigenvalue weighted by molar-refractivity contribution is 0.450. The summed E-state index contributed by atoms with van der Waals surface area (Å²) in [6, 6.07) is 8.23. The molecule has 0 aliphatic heterocycles. The zero-order valence-electron chi connectivity index (χ0n) is 9.40. The third-order valence-electron chi connectivity index (χ3n) is 2.41. The summed E-state index contributed by atoms with van der Waals surface area (Å²) < 4.78 is 6.55. The molecule has 5 heteroatoms. The number of halogens is 1. The number of hydrogen-bond acceptors (Lipinski definition) is 4. The summed E-state index contributed by atoms with van der Waals surface area (Å²) in [7, 11) is 0. The van der Waals surface area contributed by atoms with E-state index in [1.807, 2.05) is 12.1 Å². The summed E-state index contributed by atoms with van der Waals surface area (Å²) >= 11 is 3.41. The maximum Gasteiger partial charge on any atom is 0.217 e. The van der Waals surface area contributed by atoms with Crippen molar-refractivity contribution >= 4 is 15.9 Å². The van der Waals surface area contributed by atoms with Gasteiger partial charge in [-0.3, -0.25) is 0 Å². The molecule has 1 aromatic heterocycles. The van der Waals surface area contributed by atoms with Crippen LogP contribution in [0, 0.1) is 0 Å². The molecule has 1 heterocycles. The van der Waals surface area contributed by atoms with E-state index < -0.39 is 0 Å². The van der Waals surface area contributed by atoms with E-state index in [2.05, 4.69) is 38.3 Å². The number of rotatable bonds is 5. The monoisotopic (exact) mass is 295 g/mol. The Kier molecular flexibility index (Phi) is 4.28. The quantitative estimate of drug-likeness (QED) is 0.918. The van der Waals surface area contributed by atoms with Crippen molar-refractivity contribution in [2.24, 2.45) is 5.73 Å². The van der Waals surface area contributed by atoms with Crippen LogP contribution in [0.15, 0.2) is 33.2 Å². The number of aryl methyl sites for hydroxylation is 2. The van der Waals surface area contributed by atoms with Crippen LogP contribution >= 0.6 is 15.9 Å². The summed E-state index contributed by atoms with van der Waals surface area (Å²) in [5, 5.41) is 7.91. The van der Waals surface area contributed by atoms with Gasteiger partial charge in [0.25, 0.3) is 0 Å². The standard InChI is InChI=1S/C12H14BrN3O/c13-10-4-1-9(2-5-10)3-6-11-15-16-12(17-11)7-8-14/h1-2,4-5H,3,6-8,14H2. The molecular formula is C12H14BrN3O. The molecule has 0 amide bonds. The van der Waals surface area contributed by atoms with E-state index in [1.54, 1.807) is 0 Å². The van der Waals surface area contributed by atoms with E-state index >= 15 is 0 Å². The van der Waals surface area contributed by atoms with Crippen molar-refractivity contribution in [3.05, 3.63) is 46.1 Å². The van der Waals surface area contributed by atoms with Gasteiger partial charge >= 0.3 is 0 Å². The average molecular weight is 296 g/mol. The average Bonchev–Trinajstić information content (AvgIpc) is 2.77. The first kappa shape index (κ1) is 12.3. The van der Waals surface area contributed by atoms with Crippen LogP contribution in [0.2, 0.25) is 0 Å². The zero-order valence-corrected chi connectivity index (χ0v) is 11.0. The minimum atomic E-state index is 0.536. The molecule has 90 valence electrons. The molecule has 0 saturated carbocycles. The Labute approximate surface area is 108 Å². The number of aromatic nitrogens is 2. The van der Waals surface area contributed by atoms with Crippen LogP contribution in [-0.2, 0) is 19.3 Å². The molecule has 0 aliphatic carbocycles. The van der Waals surface area contributed by atoms with Gasteiger partial charge in [0, 0.05) is 23.9 Å². The molecule has 2 N–H and O–H groups in total. The van der Waals surface area contributed by atoms with Gasteiger partial charge in [0.05, 0.1) is 0 Å². The minimum Gasteiger partial charge on any atom is -0.425 e. The largest absolute Gasteiger partial charge is 0.425 e. The topological polar surface area (TPSA) is 64.9 Å². The minimum absolute atomic E-state index is 0.536. The van der Waals surface area contributed by atoms with Gasteiger partial charge < -0.3 is 10.2 Å². The maximum absolute atomic E-state index is 5.46. The molecule has 4 nitrogen and oxygen atoms in total. The van der Waals surface area contributed by atoms with Crippen LogP contribution < -0.4 is 5.73 Å². The first-order valence-corrected chi connectivity index (χ1v) is 6.33. The second-order valence-electron chi connectivity index (χ2n) is 3.75. The number of nitrogens with two attached hydrogens (primary N) is 1. The summed E-state index contributed by atoms with van der Waals surface area (Å²) in [5.41, 5.74) is 6.67. The fourth-order valence-corrected chi connectivity index (χ4v) is 1.78. The molecule has 2 aromatic rings. The van der Waals surface area contributed by atoms with Crippen molar-refractivity contribution in [2.75, 3.05) is 6.54 Å². The van der Waals surface area contributed by atoms with Crippen molar-refractivity contribution < 1.29 is 4.42 Å². The van der Waals surface area contributed by atoms with Gasteiger partial charge in [-0.15, -0.1) is 10.2 Å². The van der Waals surface area contributed by atoms with Gasteiger partial charge in [-0.05, 0) is 24.1 Å². The molecule has 0 fully saturated rings. The molecule has 1 aromatic carbocycles. The third-order valence-corrected chi connectivity index (χ3v) is 2.94. The molecular weight excluding hydrogens is 282 g/mol. The van der Waals surface area contributed by atoms with Gasteiger partial charge in [0.15, 0.2) is 0 Å². The van der Waals surface area contributed by atoms with Crippen LogP contribution in [0.3, 0.4) is 0 Å². The van der Waals surface area contributed by atoms with Crippen LogP contribution in [0.4, 0.5) is 0 Å². The van der Waals surface area contributed by atoms with E-state index in [0.29, 0.717) is 24.7 Å². The number of benzene rings is 1. The number of hydrogen-bond donors (Lipinski definition) is 1. The molecule has 17 heavy (non-hydrogen) atoms. The van der Waals surface area contributed by atoms with Gasteiger partial charge in [-0.1, -0.05) is 28.1 Å². The highest BCUT2D eigenvalue weighted by atomic mass is 79.9. The van der Waals surface area contributed by atoms with E-state index in [-0.39, 0.29) is 0 Å². The third kappa shape index (κ3) is 3.64. The lowest BCUT2D eigenvalue weighted by Crippen LogP contribution is -2.02. The van der Waals surface area contributed by atoms with Crippen LogP contribution in [0.5, 0.6) is 0 Å². The Bertz CT molecular complexity index is 467. The summed E-state index contributed by atoms with van der Waals surface area (Å²) in [4.78, 5) is 0. The molecule has 0 radical (unpaired) electrons. The van der Waals surface area contributed by atoms with E-state index in [1.165, 1.54) is 5.56 Å². The van der Waals surface area contributed by atoms with Crippen LogP contribution in [0.1, 0.15) is 17.3 Å². The Morgan fingerprint density at radius 1 is 1.00 bits per heavy atom. The van der Waals surface area contributed by atoms with Gasteiger partial charge in [0.2, 0.25) is 11.8 Å². The molecule has 0 aliphatic rings. The fourth-order valence-electron chi connectivity index (χ4n) is 1.52. The zero-order chi connectivity index (χ0) is 12.1. The Morgan fingerprint density at radius 3 is 2.29 bits per heavy atom. The molecule has 0 spiro atoms. The smallest absolute Gasteiger partial charge is 0.217 e.